The molecule has 0 aromatic carbocycles. The van der Waals surface area contributed by atoms with Crippen molar-refractivity contribution in [3.8, 4) is 0 Å². The van der Waals surface area contributed by atoms with Crippen molar-refractivity contribution in [2.75, 3.05) is 13.2 Å². The lowest BCUT2D eigenvalue weighted by molar-refractivity contribution is -0.0903. The van der Waals surface area contributed by atoms with Gasteiger partial charge in [0.05, 0.1) is 5.60 Å². The van der Waals surface area contributed by atoms with Gasteiger partial charge in [0.25, 0.3) is 0 Å². The van der Waals surface area contributed by atoms with E-state index in [9.17, 15) is 0 Å². The molecule has 0 bridgehead atoms. The summed E-state index contributed by atoms with van der Waals surface area (Å²) >= 11 is 0. The third-order valence-corrected chi connectivity index (χ3v) is 4.97. The first-order valence-electron chi connectivity index (χ1n) is 9.60. The first-order chi connectivity index (χ1) is 10.2. The molecule has 2 nitrogen and oxygen atoms in total. The fourth-order valence-corrected chi connectivity index (χ4v) is 3.48. The van der Waals surface area contributed by atoms with E-state index >= 15 is 0 Å². The van der Waals surface area contributed by atoms with Crippen molar-refractivity contribution in [1.29, 1.82) is 0 Å². The number of nitrogens with one attached hydrogen (secondary N) is 1. The highest BCUT2D eigenvalue weighted by atomic mass is 16.5. The van der Waals surface area contributed by atoms with Gasteiger partial charge in [0.2, 0.25) is 0 Å². The molecule has 0 aliphatic carbocycles. The minimum Gasteiger partial charge on any atom is -0.374 e. The molecule has 0 saturated carbocycles. The number of unbranched alkanes of at least 4 members (excludes halogenated alkanes) is 6. The summed E-state index contributed by atoms with van der Waals surface area (Å²) in [6.07, 6.45) is 16.1. The summed E-state index contributed by atoms with van der Waals surface area (Å²) in [5.74, 6) is 0. The van der Waals surface area contributed by atoms with E-state index in [-0.39, 0.29) is 5.60 Å². The predicted octanol–water partition coefficient (Wildman–Crippen LogP) is 5.45. The Hall–Kier alpha value is -0.0800. The van der Waals surface area contributed by atoms with Crippen LogP contribution in [0.4, 0.5) is 0 Å². The summed E-state index contributed by atoms with van der Waals surface area (Å²) in [7, 11) is 0. The van der Waals surface area contributed by atoms with Crippen LogP contribution in [-0.4, -0.2) is 24.8 Å². The van der Waals surface area contributed by atoms with Crippen LogP contribution in [0.5, 0.6) is 0 Å². The summed E-state index contributed by atoms with van der Waals surface area (Å²) in [5.41, 5.74) is 0.0790. The molecule has 2 atom stereocenters. The zero-order chi connectivity index (χ0) is 15.4. The summed E-state index contributed by atoms with van der Waals surface area (Å²) in [6, 6.07) is 0.549. The van der Waals surface area contributed by atoms with E-state index in [0.29, 0.717) is 6.04 Å². The minimum atomic E-state index is 0.0790. The van der Waals surface area contributed by atoms with Crippen molar-refractivity contribution in [2.45, 2.75) is 109 Å². The Morgan fingerprint density at radius 2 is 1.67 bits per heavy atom. The smallest absolute Gasteiger partial charge is 0.0806 e. The maximum absolute atomic E-state index is 6.17. The van der Waals surface area contributed by atoms with Crippen LogP contribution >= 0.6 is 0 Å². The van der Waals surface area contributed by atoms with Gasteiger partial charge in [0.1, 0.15) is 0 Å². The Bertz CT molecular complexity index is 236. The molecule has 0 amide bonds. The summed E-state index contributed by atoms with van der Waals surface area (Å²) in [4.78, 5) is 0. The third-order valence-electron chi connectivity index (χ3n) is 4.97. The van der Waals surface area contributed by atoms with E-state index in [1.165, 1.54) is 77.0 Å². The topological polar surface area (TPSA) is 21.3 Å². The van der Waals surface area contributed by atoms with Crippen LogP contribution in [0.3, 0.4) is 0 Å². The van der Waals surface area contributed by atoms with Crippen LogP contribution in [-0.2, 0) is 4.74 Å². The van der Waals surface area contributed by atoms with Crippen LogP contribution in [0.25, 0.3) is 0 Å². The average molecular weight is 298 g/mol. The van der Waals surface area contributed by atoms with E-state index in [1.54, 1.807) is 0 Å². The molecule has 1 heterocycles. The fraction of sp³-hybridized carbons (Fsp3) is 1.00. The Morgan fingerprint density at radius 3 is 2.29 bits per heavy atom. The van der Waals surface area contributed by atoms with Gasteiger partial charge in [0.15, 0.2) is 0 Å². The lowest BCUT2D eigenvalue weighted by atomic mass is 9.85. The van der Waals surface area contributed by atoms with Gasteiger partial charge in [-0.1, -0.05) is 58.8 Å². The zero-order valence-corrected chi connectivity index (χ0v) is 14.9. The van der Waals surface area contributed by atoms with Crippen molar-refractivity contribution in [3.05, 3.63) is 0 Å². The Morgan fingerprint density at radius 1 is 0.952 bits per heavy atom. The molecule has 0 radical (unpaired) electrons. The molecule has 21 heavy (non-hydrogen) atoms. The molecule has 0 aromatic rings. The van der Waals surface area contributed by atoms with Crippen LogP contribution in [0.1, 0.15) is 97.8 Å². The van der Waals surface area contributed by atoms with Crippen LogP contribution in [0.15, 0.2) is 0 Å². The van der Waals surface area contributed by atoms with Crippen molar-refractivity contribution < 1.29 is 4.74 Å². The van der Waals surface area contributed by atoms with Gasteiger partial charge in [-0.3, -0.25) is 0 Å². The van der Waals surface area contributed by atoms with Crippen LogP contribution in [0.2, 0.25) is 0 Å². The third kappa shape index (κ3) is 7.65. The monoisotopic (exact) mass is 297 g/mol. The van der Waals surface area contributed by atoms with Gasteiger partial charge < -0.3 is 10.1 Å². The van der Waals surface area contributed by atoms with Crippen LogP contribution in [0, 0.1) is 0 Å². The quantitative estimate of drug-likeness (QED) is 0.483. The second-order valence-corrected chi connectivity index (χ2v) is 7.03. The van der Waals surface area contributed by atoms with Crippen LogP contribution < -0.4 is 5.32 Å². The van der Waals surface area contributed by atoms with Gasteiger partial charge in [-0.05, 0) is 45.6 Å². The normalized spacial score (nSPS) is 24.1. The zero-order valence-electron chi connectivity index (χ0n) is 14.9. The molecular formula is C19H39NO. The molecule has 2 unspecified atom stereocenters. The number of rotatable bonds is 12. The van der Waals surface area contributed by atoms with E-state index in [1.807, 2.05) is 0 Å². The molecule has 0 spiro atoms. The largest absolute Gasteiger partial charge is 0.374 e. The highest BCUT2D eigenvalue weighted by molar-refractivity contribution is 4.91. The Kier molecular flexibility index (Phi) is 10.4. The number of hydrogen-bond donors (Lipinski definition) is 1. The number of ether oxygens (including phenoxy) is 1. The summed E-state index contributed by atoms with van der Waals surface area (Å²) in [6.45, 7) is 8.95. The molecule has 0 aromatic heterocycles. The fourth-order valence-electron chi connectivity index (χ4n) is 3.48. The first-order valence-corrected chi connectivity index (χ1v) is 9.60. The Labute approximate surface area is 133 Å². The van der Waals surface area contributed by atoms with Crippen molar-refractivity contribution in [2.24, 2.45) is 0 Å². The maximum Gasteiger partial charge on any atom is 0.0806 e. The first kappa shape index (κ1) is 19.0. The van der Waals surface area contributed by atoms with Gasteiger partial charge >= 0.3 is 0 Å². The van der Waals surface area contributed by atoms with Gasteiger partial charge in [-0.25, -0.2) is 0 Å². The summed E-state index contributed by atoms with van der Waals surface area (Å²) in [5, 5.41) is 3.77. The van der Waals surface area contributed by atoms with Crippen molar-refractivity contribution in [3.63, 3.8) is 0 Å². The Balaban J connectivity index is 2.26. The van der Waals surface area contributed by atoms with Gasteiger partial charge in [-0.2, -0.15) is 0 Å². The van der Waals surface area contributed by atoms with E-state index in [2.05, 4.69) is 26.1 Å². The molecule has 1 aliphatic heterocycles. The maximum atomic E-state index is 6.17. The lowest BCUT2D eigenvalue weighted by Crippen LogP contribution is -2.52. The minimum absolute atomic E-state index is 0.0790. The predicted molar refractivity (Wildman–Crippen MR) is 92.9 cm³/mol. The molecule has 1 aliphatic rings. The summed E-state index contributed by atoms with van der Waals surface area (Å²) < 4.78 is 6.17. The van der Waals surface area contributed by atoms with E-state index < -0.39 is 0 Å². The SMILES string of the molecule is CCCCCCCCCC(NCCC)C1(C)CCCCO1. The molecule has 1 rings (SSSR count). The van der Waals surface area contributed by atoms with Gasteiger partial charge in [-0.15, -0.1) is 0 Å². The van der Waals surface area contributed by atoms with Gasteiger partial charge in [0, 0.05) is 12.6 Å². The highest BCUT2D eigenvalue weighted by Gasteiger charge is 2.35. The second-order valence-electron chi connectivity index (χ2n) is 7.03. The molecule has 1 N–H and O–H groups in total. The molecule has 2 heteroatoms. The highest BCUT2D eigenvalue weighted by Crippen LogP contribution is 2.30. The van der Waals surface area contributed by atoms with E-state index in [0.717, 1.165) is 13.2 Å². The van der Waals surface area contributed by atoms with E-state index in [4.69, 9.17) is 4.74 Å². The van der Waals surface area contributed by atoms with Crippen molar-refractivity contribution in [1.82, 2.24) is 5.32 Å². The van der Waals surface area contributed by atoms with Crippen molar-refractivity contribution >= 4 is 0 Å². The standard InChI is InChI=1S/C19H39NO/c1-4-6-7-8-9-10-11-14-18(20-16-5-2)19(3)15-12-13-17-21-19/h18,20H,4-17H2,1-3H3. The molecule has 1 fully saturated rings. The molecule has 126 valence electrons. The molecule has 1 saturated heterocycles. The average Bonchev–Trinajstić information content (AvgIpc) is 2.50. The molecular weight excluding hydrogens is 258 g/mol. The second kappa shape index (κ2) is 11.5. The lowest BCUT2D eigenvalue weighted by Gasteiger charge is -2.41. The number of hydrogen-bond acceptors (Lipinski definition) is 2.